The average Bonchev–Trinajstić information content (AvgIpc) is 2.99. The van der Waals surface area contributed by atoms with Crippen molar-refractivity contribution < 1.29 is 19.1 Å². The summed E-state index contributed by atoms with van der Waals surface area (Å²) in [5, 5.41) is 0. The van der Waals surface area contributed by atoms with E-state index in [1.807, 2.05) is 97.1 Å². The maximum absolute atomic E-state index is 11.8. The Kier molecular flexibility index (Phi) is 9.99. The Morgan fingerprint density at radius 1 is 0.475 bits per heavy atom. The van der Waals surface area contributed by atoms with Gasteiger partial charge in [-0.15, -0.1) is 0 Å². The highest BCUT2D eigenvalue weighted by Crippen LogP contribution is 2.39. The molecule has 0 radical (unpaired) electrons. The van der Waals surface area contributed by atoms with Crippen molar-refractivity contribution in [1.82, 2.24) is 0 Å². The van der Waals surface area contributed by atoms with E-state index < -0.39 is 0 Å². The van der Waals surface area contributed by atoms with Crippen LogP contribution in [0.1, 0.15) is 48.6 Å². The number of carbonyl (C=O) groups is 2. The molecule has 0 amide bonds. The van der Waals surface area contributed by atoms with E-state index in [0.29, 0.717) is 12.8 Å². The van der Waals surface area contributed by atoms with E-state index in [2.05, 4.69) is 24.3 Å². The Morgan fingerprint density at radius 3 is 1.15 bits per heavy atom. The van der Waals surface area contributed by atoms with Crippen LogP contribution in [0.15, 0.2) is 131 Å². The van der Waals surface area contributed by atoms with Crippen LogP contribution in [0.25, 0.3) is 0 Å². The smallest absolute Gasteiger partial charge is 0.307 e. The summed E-state index contributed by atoms with van der Waals surface area (Å²) in [4.78, 5) is 25.9. The van der Waals surface area contributed by atoms with Crippen molar-refractivity contribution in [2.45, 2.75) is 58.2 Å². The molecule has 4 nitrogen and oxygen atoms in total. The zero-order chi connectivity index (χ0) is 27.6. The summed E-state index contributed by atoms with van der Waals surface area (Å²) in [5.74, 6) is 0.328. The molecular formula is C34H32O4S2. The minimum absolute atomic E-state index is 0.0937. The van der Waals surface area contributed by atoms with Crippen LogP contribution in [0.5, 0.6) is 0 Å². The largest absolute Gasteiger partial charge is 0.451 e. The molecule has 0 unspecified atom stereocenters. The van der Waals surface area contributed by atoms with Crippen LogP contribution in [-0.2, 0) is 19.1 Å². The number of ether oxygens (including phenoxy) is 2. The lowest BCUT2D eigenvalue weighted by molar-refractivity contribution is -0.150. The lowest BCUT2D eigenvalue weighted by Crippen LogP contribution is -2.26. The summed E-state index contributed by atoms with van der Waals surface area (Å²) in [6, 6.07) is 40.6. The van der Waals surface area contributed by atoms with Crippen LogP contribution in [-0.4, -0.2) is 22.8 Å². The van der Waals surface area contributed by atoms with E-state index in [4.69, 9.17) is 9.47 Å². The van der Waals surface area contributed by atoms with Crippen molar-refractivity contribution in [3.63, 3.8) is 0 Å². The number of hydrogen-bond acceptors (Lipinski definition) is 6. The molecule has 6 rings (SSSR count). The van der Waals surface area contributed by atoms with Crippen molar-refractivity contribution in [2.75, 3.05) is 0 Å². The summed E-state index contributed by atoms with van der Waals surface area (Å²) in [6.07, 6.45) is 2.70. The van der Waals surface area contributed by atoms with Crippen LogP contribution in [0.3, 0.4) is 0 Å². The number of thioether (sulfide) groups is 2. The fraction of sp³-hybridized carbons (Fsp3) is 0.235. The molecule has 2 heterocycles. The first kappa shape index (κ1) is 28.1. The molecule has 40 heavy (non-hydrogen) atoms. The number of rotatable bonds is 6. The first-order chi connectivity index (χ1) is 19.6. The van der Waals surface area contributed by atoms with Gasteiger partial charge >= 0.3 is 11.9 Å². The predicted molar refractivity (Wildman–Crippen MR) is 161 cm³/mol. The van der Waals surface area contributed by atoms with E-state index in [1.54, 1.807) is 23.5 Å². The van der Waals surface area contributed by atoms with Gasteiger partial charge in [0.1, 0.15) is 0 Å². The fourth-order valence-electron chi connectivity index (χ4n) is 4.92. The Balaban J connectivity index is 0.000000161. The fourth-order valence-corrected chi connectivity index (χ4v) is 7.13. The molecule has 0 saturated carbocycles. The van der Waals surface area contributed by atoms with Crippen LogP contribution in [0, 0.1) is 0 Å². The topological polar surface area (TPSA) is 52.6 Å². The van der Waals surface area contributed by atoms with Crippen molar-refractivity contribution >= 4 is 35.5 Å². The number of carbonyl (C=O) groups excluding carboxylic acids is 2. The minimum atomic E-state index is -0.0986. The second-order valence-corrected chi connectivity index (χ2v) is 12.3. The Hall–Kier alpha value is -3.48. The number of hydrogen-bond donors (Lipinski definition) is 0. The summed E-state index contributed by atoms with van der Waals surface area (Å²) < 4.78 is 10.9. The van der Waals surface area contributed by atoms with Gasteiger partial charge in [0.05, 0.1) is 12.8 Å². The van der Waals surface area contributed by atoms with E-state index in [0.717, 1.165) is 22.6 Å². The lowest BCUT2D eigenvalue weighted by atomic mass is 9.91. The third-order valence-corrected chi connectivity index (χ3v) is 9.06. The standard InChI is InChI=1S/2C17H16O2S/c2*18-16-11-14(13-7-3-1-4-8-13)12-17(19-16)20-15-9-5-2-6-10-15/h2*1-10,14,17H,11-12H2/t2*14-,17-/m00/s1. The van der Waals surface area contributed by atoms with Crippen LogP contribution in [0.4, 0.5) is 0 Å². The molecule has 2 aliphatic rings. The highest BCUT2D eigenvalue weighted by molar-refractivity contribution is 8.00. The van der Waals surface area contributed by atoms with Crippen LogP contribution < -0.4 is 0 Å². The average molecular weight is 569 g/mol. The molecular weight excluding hydrogens is 537 g/mol. The van der Waals surface area contributed by atoms with Gasteiger partial charge in [0.25, 0.3) is 0 Å². The lowest BCUT2D eigenvalue weighted by Gasteiger charge is -2.28. The molecule has 6 heteroatoms. The molecule has 0 aliphatic carbocycles. The maximum atomic E-state index is 11.8. The summed E-state index contributed by atoms with van der Waals surface area (Å²) in [7, 11) is 0. The zero-order valence-electron chi connectivity index (χ0n) is 22.1. The SMILES string of the molecule is O=C1C[C@H](c2ccccc2)C[C@H](Sc2ccccc2)O1.O=C1C[C@H](c2ccccc2)C[C@H](Sc2ccccc2)O1. The molecule has 4 aromatic carbocycles. The number of benzene rings is 4. The Labute approximate surface area is 244 Å². The van der Waals surface area contributed by atoms with Crippen molar-refractivity contribution in [1.29, 1.82) is 0 Å². The highest BCUT2D eigenvalue weighted by atomic mass is 32.2. The van der Waals surface area contributed by atoms with Crippen molar-refractivity contribution in [3.8, 4) is 0 Å². The second-order valence-electron chi connectivity index (χ2n) is 9.80. The van der Waals surface area contributed by atoms with Gasteiger partial charge in [-0.05, 0) is 47.2 Å². The third kappa shape index (κ3) is 8.26. The monoisotopic (exact) mass is 568 g/mol. The minimum Gasteiger partial charge on any atom is -0.451 e. The molecule has 0 spiro atoms. The zero-order valence-corrected chi connectivity index (χ0v) is 23.8. The van der Waals surface area contributed by atoms with Gasteiger partial charge in [0.15, 0.2) is 10.9 Å². The predicted octanol–water partition coefficient (Wildman–Crippen LogP) is 8.45. The van der Waals surface area contributed by atoms with Gasteiger partial charge in [-0.1, -0.05) is 121 Å². The molecule has 2 aliphatic heterocycles. The first-order valence-corrected chi connectivity index (χ1v) is 15.3. The molecule has 4 aromatic rings. The van der Waals surface area contributed by atoms with E-state index >= 15 is 0 Å². The van der Waals surface area contributed by atoms with Crippen LogP contribution in [0.2, 0.25) is 0 Å². The van der Waals surface area contributed by atoms with E-state index in [1.165, 1.54) is 11.1 Å². The number of cyclic esters (lactones) is 2. The quantitative estimate of drug-likeness (QED) is 0.218. The molecule has 0 N–H and O–H groups in total. The van der Waals surface area contributed by atoms with Gasteiger partial charge in [-0.2, -0.15) is 0 Å². The van der Waals surface area contributed by atoms with E-state index in [-0.39, 0.29) is 34.6 Å². The van der Waals surface area contributed by atoms with Gasteiger partial charge in [-0.25, -0.2) is 0 Å². The molecule has 2 saturated heterocycles. The Morgan fingerprint density at radius 2 is 0.800 bits per heavy atom. The molecule has 204 valence electrons. The van der Waals surface area contributed by atoms with Gasteiger partial charge < -0.3 is 9.47 Å². The highest BCUT2D eigenvalue weighted by Gasteiger charge is 2.31. The first-order valence-electron chi connectivity index (χ1n) is 13.5. The summed E-state index contributed by atoms with van der Waals surface area (Å²) in [5.41, 5.74) is 2.26. The van der Waals surface area contributed by atoms with E-state index in [9.17, 15) is 9.59 Å². The van der Waals surface area contributed by atoms with Crippen molar-refractivity contribution in [2.24, 2.45) is 0 Å². The van der Waals surface area contributed by atoms with Gasteiger partial charge in [0, 0.05) is 22.6 Å². The molecule has 0 bridgehead atoms. The number of esters is 2. The van der Waals surface area contributed by atoms with Crippen molar-refractivity contribution in [3.05, 3.63) is 132 Å². The second kappa shape index (κ2) is 14.2. The van der Waals surface area contributed by atoms with Gasteiger partial charge in [0.2, 0.25) is 0 Å². The third-order valence-electron chi connectivity index (χ3n) is 6.87. The Bertz CT molecular complexity index is 1240. The molecule has 4 atom stereocenters. The summed E-state index contributed by atoms with van der Waals surface area (Å²) >= 11 is 3.25. The molecule has 2 fully saturated rings. The normalized spacial score (nSPS) is 22.3. The summed E-state index contributed by atoms with van der Waals surface area (Å²) in [6.45, 7) is 0. The van der Waals surface area contributed by atoms with Crippen LogP contribution >= 0.6 is 23.5 Å². The van der Waals surface area contributed by atoms with Gasteiger partial charge in [-0.3, -0.25) is 9.59 Å². The maximum Gasteiger partial charge on any atom is 0.307 e. The molecule has 0 aromatic heterocycles.